The summed E-state index contributed by atoms with van der Waals surface area (Å²) < 4.78 is 26.5. The molecule has 1 saturated heterocycles. The fraction of sp³-hybridized carbons (Fsp3) is 0.591. The van der Waals surface area contributed by atoms with Crippen LogP contribution in [0.15, 0.2) is 29.3 Å². The Morgan fingerprint density at radius 1 is 1.36 bits per heavy atom. The highest BCUT2D eigenvalue weighted by molar-refractivity contribution is 14.0. The van der Waals surface area contributed by atoms with Crippen LogP contribution in [0.2, 0.25) is 0 Å². The lowest BCUT2D eigenvalue weighted by atomic mass is 10.0. The molecule has 2 aromatic rings. The van der Waals surface area contributed by atoms with Gasteiger partial charge >= 0.3 is 0 Å². The molecule has 9 nitrogen and oxygen atoms in total. The second-order valence-corrected chi connectivity index (χ2v) is 8.11. The van der Waals surface area contributed by atoms with Gasteiger partial charge in [0.1, 0.15) is 18.2 Å². The van der Waals surface area contributed by atoms with E-state index in [-0.39, 0.29) is 41.9 Å². The summed E-state index contributed by atoms with van der Waals surface area (Å²) in [6.45, 7) is 4.77. The number of morpholine rings is 1. The van der Waals surface area contributed by atoms with Gasteiger partial charge in [0, 0.05) is 46.3 Å². The predicted octanol–water partition coefficient (Wildman–Crippen LogP) is 1.73. The van der Waals surface area contributed by atoms with Crippen molar-refractivity contribution in [3.05, 3.63) is 47.3 Å². The Balaban J connectivity index is 0.00000306. The van der Waals surface area contributed by atoms with Crippen molar-refractivity contribution in [2.75, 3.05) is 47.0 Å². The lowest BCUT2D eigenvalue weighted by Gasteiger charge is -2.35. The molecule has 2 unspecified atom stereocenters. The van der Waals surface area contributed by atoms with Gasteiger partial charge in [-0.1, -0.05) is 12.1 Å². The van der Waals surface area contributed by atoms with Crippen molar-refractivity contribution in [3.8, 4) is 0 Å². The second-order valence-electron chi connectivity index (χ2n) is 8.11. The van der Waals surface area contributed by atoms with Gasteiger partial charge in [0.2, 0.25) is 0 Å². The zero-order chi connectivity index (χ0) is 22.3. The third-order valence-corrected chi connectivity index (χ3v) is 5.92. The zero-order valence-corrected chi connectivity index (χ0v) is 21.5. The summed E-state index contributed by atoms with van der Waals surface area (Å²) in [7, 11) is 3.41. The molecule has 182 valence electrons. The number of aliphatic imine (C=N–C) groups is 1. The predicted molar refractivity (Wildman–Crippen MR) is 134 cm³/mol. The number of nitrogens with zero attached hydrogens (tertiary/aromatic N) is 5. The molecule has 0 radical (unpaired) electrons. The van der Waals surface area contributed by atoms with E-state index in [1.807, 2.05) is 10.7 Å². The summed E-state index contributed by atoms with van der Waals surface area (Å²) in [6.07, 6.45) is 1.80. The standard InChI is InChI=1S/C22H32FN7O2.HI/c1-24-22(26-18-6-7-21-27-20(15-31-2)28-30(21)14-18)25-13-19(29-8-10-32-11-9-29)16-4-3-5-17(23)12-16;/h3-5,12,18-19H,6-11,13-15H2,1-2H3,(H2,24,25,26);1H. The van der Waals surface area contributed by atoms with Crippen LogP contribution in [0.3, 0.4) is 0 Å². The number of nitrogens with one attached hydrogen (secondary N) is 2. The van der Waals surface area contributed by atoms with Crippen LogP contribution in [0.1, 0.15) is 29.7 Å². The molecule has 2 aliphatic heterocycles. The van der Waals surface area contributed by atoms with Crippen molar-refractivity contribution in [1.82, 2.24) is 30.3 Å². The van der Waals surface area contributed by atoms with Crippen LogP contribution in [-0.2, 0) is 29.0 Å². The van der Waals surface area contributed by atoms with Crippen LogP contribution in [0, 0.1) is 5.82 Å². The first-order valence-corrected chi connectivity index (χ1v) is 11.1. The Morgan fingerprint density at radius 2 is 2.18 bits per heavy atom. The van der Waals surface area contributed by atoms with Crippen LogP contribution in [0.4, 0.5) is 4.39 Å². The van der Waals surface area contributed by atoms with Crippen molar-refractivity contribution < 1.29 is 13.9 Å². The molecule has 0 spiro atoms. The molecule has 1 aromatic heterocycles. The zero-order valence-electron chi connectivity index (χ0n) is 19.2. The molecule has 0 saturated carbocycles. The van der Waals surface area contributed by atoms with Crippen LogP contribution >= 0.6 is 24.0 Å². The maximum absolute atomic E-state index is 13.9. The number of hydrogen-bond acceptors (Lipinski definition) is 6. The van der Waals surface area contributed by atoms with Crippen molar-refractivity contribution in [1.29, 1.82) is 0 Å². The first-order chi connectivity index (χ1) is 15.7. The van der Waals surface area contributed by atoms with Crippen molar-refractivity contribution in [3.63, 3.8) is 0 Å². The Morgan fingerprint density at radius 3 is 2.91 bits per heavy atom. The largest absolute Gasteiger partial charge is 0.379 e. The maximum atomic E-state index is 13.9. The van der Waals surface area contributed by atoms with Gasteiger partial charge in [-0.25, -0.2) is 14.1 Å². The number of halogens is 2. The normalized spacial score (nSPS) is 20.0. The van der Waals surface area contributed by atoms with Gasteiger partial charge in [0.15, 0.2) is 11.8 Å². The quantitative estimate of drug-likeness (QED) is 0.297. The summed E-state index contributed by atoms with van der Waals surface area (Å²) in [4.78, 5) is 11.3. The third-order valence-electron chi connectivity index (χ3n) is 5.92. The highest BCUT2D eigenvalue weighted by atomic mass is 127. The number of benzene rings is 1. The lowest BCUT2D eigenvalue weighted by Crippen LogP contribution is -2.50. The monoisotopic (exact) mass is 573 g/mol. The first-order valence-electron chi connectivity index (χ1n) is 11.1. The lowest BCUT2D eigenvalue weighted by molar-refractivity contribution is 0.0169. The molecule has 0 bridgehead atoms. The average Bonchev–Trinajstić information content (AvgIpc) is 3.21. The topological polar surface area (TPSA) is 88.8 Å². The van der Waals surface area contributed by atoms with E-state index < -0.39 is 0 Å². The molecule has 3 heterocycles. The van der Waals surface area contributed by atoms with E-state index in [0.717, 1.165) is 49.8 Å². The van der Waals surface area contributed by atoms with Gasteiger partial charge in [-0.3, -0.25) is 9.89 Å². The van der Waals surface area contributed by atoms with E-state index in [2.05, 4.69) is 30.6 Å². The second kappa shape index (κ2) is 12.6. The molecule has 4 rings (SSSR count). The molecule has 0 amide bonds. The molecule has 2 N–H and O–H groups in total. The van der Waals surface area contributed by atoms with E-state index >= 15 is 0 Å². The molecule has 33 heavy (non-hydrogen) atoms. The summed E-state index contributed by atoms with van der Waals surface area (Å²) in [5.41, 5.74) is 0.949. The number of hydrogen-bond donors (Lipinski definition) is 2. The van der Waals surface area contributed by atoms with Crippen molar-refractivity contribution in [2.45, 2.75) is 38.1 Å². The van der Waals surface area contributed by atoms with E-state index in [1.54, 1.807) is 26.3 Å². The van der Waals surface area contributed by atoms with E-state index in [4.69, 9.17) is 9.47 Å². The molecular formula is C22H33FIN7O2. The molecule has 2 atom stereocenters. The minimum absolute atomic E-state index is 0. The Bertz CT molecular complexity index is 920. The van der Waals surface area contributed by atoms with Crippen LogP contribution in [-0.4, -0.2) is 78.7 Å². The smallest absolute Gasteiger partial charge is 0.191 e. The van der Waals surface area contributed by atoms with E-state index in [1.165, 1.54) is 6.07 Å². The maximum Gasteiger partial charge on any atom is 0.191 e. The molecule has 1 aromatic carbocycles. The molecule has 11 heteroatoms. The highest BCUT2D eigenvalue weighted by Crippen LogP contribution is 2.22. The summed E-state index contributed by atoms with van der Waals surface area (Å²) in [5, 5.41) is 11.5. The fourth-order valence-electron chi connectivity index (χ4n) is 4.31. The number of fused-ring (bicyclic) bond motifs is 1. The highest BCUT2D eigenvalue weighted by Gasteiger charge is 2.25. The molecule has 0 aliphatic carbocycles. The minimum Gasteiger partial charge on any atom is -0.379 e. The third kappa shape index (κ3) is 6.84. The Labute approximate surface area is 211 Å². The van der Waals surface area contributed by atoms with Gasteiger partial charge in [-0.2, -0.15) is 5.10 Å². The fourth-order valence-corrected chi connectivity index (χ4v) is 4.31. The van der Waals surface area contributed by atoms with Gasteiger partial charge in [0.25, 0.3) is 0 Å². The summed E-state index contributed by atoms with van der Waals surface area (Å²) >= 11 is 0. The van der Waals surface area contributed by atoms with Crippen molar-refractivity contribution in [2.24, 2.45) is 4.99 Å². The van der Waals surface area contributed by atoms with Gasteiger partial charge < -0.3 is 20.1 Å². The molecule has 2 aliphatic rings. The Kier molecular flexibility index (Phi) is 9.83. The minimum atomic E-state index is -0.220. The Hall–Kier alpha value is -1.83. The number of aryl methyl sites for hydroxylation is 1. The van der Waals surface area contributed by atoms with Crippen LogP contribution in [0.5, 0.6) is 0 Å². The van der Waals surface area contributed by atoms with E-state index in [0.29, 0.717) is 32.2 Å². The number of rotatable bonds is 7. The summed E-state index contributed by atoms with van der Waals surface area (Å²) in [5.74, 6) is 2.22. The first kappa shape index (κ1) is 25.8. The van der Waals surface area contributed by atoms with Crippen LogP contribution in [0.25, 0.3) is 0 Å². The van der Waals surface area contributed by atoms with Gasteiger partial charge in [0.05, 0.1) is 25.8 Å². The van der Waals surface area contributed by atoms with Crippen molar-refractivity contribution >= 4 is 29.9 Å². The SMILES string of the molecule is CN=C(NCC(c1cccc(F)c1)N1CCOCC1)NC1CCc2nc(COC)nn2C1.I. The number of guanidine groups is 1. The summed E-state index contributed by atoms with van der Waals surface area (Å²) in [6, 6.07) is 7.06. The molecule has 1 fully saturated rings. The molecular weight excluding hydrogens is 540 g/mol. The number of aromatic nitrogens is 3. The van der Waals surface area contributed by atoms with E-state index in [9.17, 15) is 4.39 Å². The van der Waals surface area contributed by atoms with Gasteiger partial charge in [-0.05, 0) is 24.1 Å². The van der Waals surface area contributed by atoms with Crippen LogP contribution < -0.4 is 10.6 Å². The number of ether oxygens (including phenoxy) is 2. The number of methoxy groups -OCH3 is 1. The average molecular weight is 573 g/mol. The van der Waals surface area contributed by atoms with Gasteiger partial charge in [-0.15, -0.1) is 24.0 Å².